The molecule has 1 unspecified atom stereocenters. The number of rotatable bonds is 3. The molecule has 0 aliphatic carbocycles. The summed E-state index contributed by atoms with van der Waals surface area (Å²) in [4.78, 5) is 15.3. The molecule has 4 heteroatoms. The first kappa shape index (κ1) is 11.8. The Morgan fingerprint density at radius 1 is 1.50 bits per heavy atom. The molecule has 1 aromatic carbocycles. The Bertz CT molecular complexity index is 584. The first-order valence-corrected chi connectivity index (χ1v) is 6.53. The predicted molar refractivity (Wildman–Crippen MR) is 71.2 cm³/mol. The summed E-state index contributed by atoms with van der Waals surface area (Å²) in [5.74, 6) is 0.135. The largest absolute Gasteiger partial charge is 0.378 e. The molecule has 3 nitrogen and oxygen atoms in total. The van der Waals surface area contributed by atoms with E-state index in [-0.39, 0.29) is 11.9 Å². The average Bonchev–Trinajstić information content (AvgIpc) is 2.97. The second kappa shape index (κ2) is 4.75. The number of carbonyl (C=O) groups is 1. The first-order chi connectivity index (χ1) is 8.74. The maximum atomic E-state index is 12.2. The molecule has 2 aromatic rings. The van der Waals surface area contributed by atoms with Crippen LogP contribution < -0.4 is 0 Å². The van der Waals surface area contributed by atoms with E-state index in [0.717, 1.165) is 35.9 Å². The highest BCUT2D eigenvalue weighted by Gasteiger charge is 2.21. The molecule has 1 fully saturated rings. The predicted octanol–water partition coefficient (Wildman–Crippen LogP) is 3.57. The molecule has 1 saturated heterocycles. The van der Waals surface area contributed by atoms with E-state index >= 15 is 0 Å². The van der Waals surface area contributed by atoms with Crippen molar-refractivity contribution in [2.75, 3.05) is 6.61 Å². The number of benzene rings is 1. The number of ketones is 1. The van der Waals surface area contributed by atoms with Crippen molar-refractivity contribution in [2.24, 2.45) is 0 Å². The number of halogens is 1. The first-order valence-electron chi connectivity index (χ1n) is 6.15. The van der Waals surface area contributed by atoms with Gasteiger partial charge in [0.15, 0.2) is 5.78 Å². The molecule has 94 valence electrons. The molecule has 0 spiro atoms. The zero-order valence-corrected chi connectivity index (χ0v) is 10.7. The standard InChI is InChI=1S/C14H14ClNO2/c15-9-3-4-11-12(8-16-13(11)6-9)14(17)7-10-2-1-5-18-10/h3-4,6,8,10,16H,1-2,5,7H2. The summed E-state index contributed by atoms with van der Waals surface area (Å²) in [5, 5.41) is 1.60. The summed E-state index contributed by atoms with van der Waals surface area (Å²) in [6, 6.07) is 5.53. The fraction of sp³-hybridized carbons (Fsp3) is 0.357. The van der Waals surface area contributed by atoms with Crippen molar-refractivity contribution in [3.63, 3.8) is 0 Å². The van der Waals surface area contributed by atoms with Crippen LogP contribution in [-0.2, 0) is 4.74 Å². The summed E-state index contributed by atoms with van der Waals surface area (Å²) in [6.07, 6.45) is 4.37. The summed E-state index contributed by atoms with van der Waals surface area (Å²) in [6.45, 7) is 0.779. The smallest absolute Gasteiger partial charge is 0.167 e. The number of fused-ring (bicyclic) bond motifs is 1. The topological polar surface area (TPSA) is 42.1 Å². The van der Waals surface area contributed by atoms with Gasteiger partial charge in [0, 0.05) is 40.7 Å². The van der Waals surface area contributed by atoms with E-state index in [9.17, 15) is 4.79 Å². The molecule has 1 aliphatic rings. The minimum Gasteiger partial charge on any atom is -0.378 e. The highest BCUT2D eigenvalue weighted by molar-refractivity contribution is 6.31. The zero-order valence-electron chi connectivity index (χ0n) is 9.91. The van der Waals surface area contributed by atoms with Crippen LogP contribution in [0.2, 0.25) is 5.02 Å². The Labute approximate surface area is 110 Å². The lowest BCUT2D eigenvalue weighted by Gasteiger charge is -2.07. The molecular formula is C14H14ClNO2. The number of aromatic amines is 1. The van der Waals surface area contributed by atoms with Crippen molar-refractivity contribution >= 4 is 28.3 Å². The summed E-state index contributed by atoms with van der Waals surface area (Å²) >= 11 is 5.92. The lowest BCUT2D eigenvalue weighted by Crippen LogP contribution is -2.12. The highest BCUT2D eigenvalue weighted by Crippen LogP contribution is 2.25. The van der Waals surface area contributed by atoms with Crippen LogP contribution in [0.5, 0.6) is 0 Å². The van der Waals surface area contributed by atoms with Crippen molar-refractivity contribution in [2.45, 2.75) is 25.4 Å². The van der Waals surface area contributed by atoms with E-state index in [1.807, 2.05) is 12.1 Å². The number of hydrogen-bond donors (Lipinski definition) is 1. The lowest BCUT2D eigenvalue weighted by molar-refractivity contribution is 0.0777. The number of ether oxygens (including phenoxy) is 1. The van der Waals surface area contributed by atoms with Crippen molar-refractivity contribution in [1.29, 1.82) is 0 Å². The maximum Gasteiger partial charge on any atom is 0.167 e. The third kappa shape index (κ3) is 2.16. The minimum absolute atomic E-state index is 0.0924. The summed E-state index contributed by atoms with van der Waals surface area (Å²) in [5.41, 5.74) is 1.63. The van der Waals surface area contributed by atoms with Gasteiger partial charge >= 0.3 is 0 Å². The Balaban J connectivity index is 1.86. The van der Waals surface area contributed by atoms with Gasteiger partial charge in [-0.2, -0.15) is 0 Å². The van der Waals surface area contributed by atoms with Gasteiger partial charge < -0.3 is 9.72 Å². The van der Waals surface area contributed by atoms with Crippen molar-refractivity contribution in [1.82, 2.24) is 4.98 Å². The Morgan fingerprint density at radius 3 is 3.17 bits per heavy atom. The fourth-order valence-corrected chi connectivity index (χ4v) is 2.62. The van der Waals surface area contributed by atoms with E-state index in [1.54, 1.807) is 12.3 Å². The quantitative estimate of drug-likeness (QED) is 0.860. The van der Waals surface area contributed by atoms with Gasteiger partial charge in [-0.1, -0.05) is 17.7 Å². The van der Waals surface area contributed by atoms with Crippen LogP contribution in [0.1, 0.15) is 29.6 Å². The molecule has 0 radical (unpaired) electrons. The van der Waals surface area contributed by atoms with Gasteiger partial charge in [0.05, 0.1) is 6.10 Å². The number of carbonyl (C=O) groups excluding carboxylic acids is 1. The molecule has 0 amide bonds. The normalized spacial score (nSPS) is 19.5. The van der Waals surface area contributed by atoms with E-state index in [4.69, 9.17) is 16.3 Å². The molecule has 0 saturated carbocycles. The maximum absolute atomic E-state index is 12.2. The van der Waals surface area contributed by atoms with Gasteiger partial charge in [-0.25, -0.2) is 0 Å². The second-order valence-corrected chi connectivity index (χ2v) is 5.09. The van der Waals surface area contributed by atoms with E-state index in [2.05, 4.69) is 4.98 Å². The molecule has 1 atom stereocenters. The molecule has 18 heavy (non-hydrogen) atoms. The molecule has 1 N–H and O–H groups in total. The molecule has 1 aliphatic heterocycles. The van der Waals surface area contributed by atoms with Gasteiger partial charge in [0.25, 0.3) is 0 Å². The number of hydrogen-bond acceptors (Lipinski definition) is 2. The number of aromatic nitrogens is 1. The van der Waals surface area contributed by atoms with Gasteiger partial charge in [-0.05, 0) is 25.0 Å². The monoisotopic (exact) mass is 263 g/mol. The van der Waals surface area contributed by atoms with Crippen LogP contribution >= 0.6 is 11.6 Å². The molecule has 3 rings (SSSR count). The van der Waals surface area contributed by atoms with Gasteiger partial charge in [0.1, 0.15) is 0 Å². The lowest BCUT2D eigenvalue weighted by atomic mass is 10.0. The summed E-state index contributed by atoms with van der Waals surface area (Å²) in [7, 11) is 0. The highest BCUT2D eigenvalue weighted by atomic mass is 35.5. The Morgan fingerprint density at radius 2 is 2.39 bits per heavy atom. The second-order valence-electron chi connectivity index (χ2n) is 4.65. The number of Topliss-reactive ketones (excluding diaryl/α,β-unsaturated/α-hetero) is 1. The molecule has 1 aromatic heterocycles. The Kier molecular flexibility index (Phi) is 3.10. The van der Waals surface area contributed by atoms with Crippen LogP contribution in [-0.4, -0.2) is 23.5 Å². The summed E-state index contributed by atoms with van der Waals surface area (Å²) < 4.78 is 5.50. The van der Waals surface area contributed by atoms with Crippen molar-refractivity contribution in [3.8, 4) is 0 Å². The number of H-pyrrole nitrogens is 1. The van der Waals surface area contributed by atoms with E-state index in [0.29, 0.717) is 11.4 Å². The van der Waals surface area contributed by atoms with Crippen LogP contribution in [0, 0.1) is 0 Å². The van der Waals surface area contributed by atoms with Crippen molar-refractivity contribution < 1.29 is 9.53 Å². The molecule has 0 bridgehead atoms. The van der Waals surface area contributed by atoms with Crippen LogP contribution in [0.4, 0.5) is 0 Å². The third-order valence-electron chi connectivity index (χ3n) is 3.38. The SMILES string of the molecule is O=C(CC1CCCO1)c1c[nH]c2cc(Cl)ccc12. The fourth-order valence-electron chi connectivity index (χ4n) is 2.45. The van der Waals surface area contributed by atoms with Crippen LogP contribution in [0.15, 0.2) is 24.4 Å². The van der Waals surface area contributed by atoms with Gasteiger partial charge in [-0.3, -0.25) is 4.79 Å². The van der Waals surface area contributed by atoms with Crippen LogP contribution in [0.25, 0.3) is 10.9 Å². The zero-order chi connectivity index (χ0) is 12.5. The van der Waals surface area contributed by atoms with Crippen molar-refractivity contribution in [3.05, 3.63) is 35.0 Å². The molecular weight excluding hydrogens is 250 g/mol. The van der Waals surface area contributed by atoms with Crippen LogP contribution in [0.3, 0.4) is 0 Å². The third-order valence-corrected chi connectivity index (χ3v) is 3.62. The number of nitrogens with one attached hydrogen (secondary N) is 1. The Hall–Kier alpha value is -1.32. The van der Waals surface area contributed by atoms with E-state index < -0.39 is 0 Å². The van der Waals surface area contributed by atoms with Gasteiger partial charge in [0.2, 0.25) is 0 Å². The average molecular weight is 264 g/mol. The van der Waals surface area contributed by atoms with Gasteiger partial charge in [-0.15, -0.1) is 0 Å². The minimum atomic E-state index is 0.0924. The van der Waals surface area contributed by atoms with E-state index in [1.165, 1.54) is 0 Å². The molecule has 2 heterocycles.